The molecule has 19 heavy (non-hydrogen) atoms. The summed E-state index contributed by atoms with van der Waals surface area (Å²) in [5.41, 5.74) is 1.07. The van der Waals surface area contributed by atoms with Crippen LogP contribution < -0.4 is 4.31 Å². The van der Waals surface area contributed by atoms with Crippen molar-refractivity contribution in [3.8, 4) is 5.75 Å². The Morgan fingerprint density at radius 3 is 2.63 bits per heavy atom. The van der Waals surface area contributed by atoms with Gasteiger partial charge in [0.15, 0.2) is 0 Å². The molecule has 0 unspecified atom stereocenters. The largest absolute Gasteiger partial charge is 0.506 e. The third kappa shape index (κ3) is 3.03. The number of anilines is 1. The van der Waals surface area contributed by atoms with Crippen LogP contribution in [-0.4, -0.2) is 25.8 Å². The minimum atomic E-state index is -3.40. The van der Waals surface area contributed by atoms with Crippen LogP contribution in [-0.2, 0) is 16.4 Å². The van der Waals surface area contributed by atoms with Crippen LogP contribution in [0.5, 0.6) is 5.75 Å². The molecule has 1 aromatic rings. The van der Waals surface area contributed by atoms with Crippen molar-refractivity contribution in [1.82, 2.24) is 0 Å². The van der Waals surface area contributed by atoms with Crippen LogP contribution in [0.25, 0.3) is 0 Å². The topological polar surface area (TPSA) is 57.6 Å². The summed E-state index contributed by atoms with van der Waals surface area (Å²) in [4.78, 5) is 0. The first-order valence-corrected chi connectivity index (χ1v) is 8.13. The van der Waals surface area contributed by atoms with Crippen LogP contribution in [0.1, 0.15) is 32.8 Å². The van der Waals surface area contributed by atoms with Gasteiger partial charge in [0.05, 0.1) is 11.4 Å². The molecule has 0 spiro atoms. The van der Waals surface area contributed by atoms with Crippen LogP contribution in [0, 0.1) is 5.41 Å². The van der Waals surface area contributed by atoms with Crippen molar-refractivity contribution >= 4 is 15.7 Å². The van der Waals surface area contributed by atoms with Crippen LogP contribution in [0.3, 0.4) is 0 Å². The zero-order valence-electron chi connectivity index (χ0n) is 11.7. The number of phenolic OH excluding ortho intramolecular Hbond substituents is 1. The van der Waals surface area contributed by atoms with Gasteiger partial charge >= 0.3 is 0 Å². The van der Waals surface area contributed by atoms with Crippen LogP contribution >= 0.6 is 0 Å². The quantitative estimate of drug-likeness (QED) is 0.907. The van der Waals surface area contributed by atoms with E-state index in [1.807, 2.05) is 26.8 Å². The van der Waals surface area contributed by atoms with Gasteiger partial charge in [-0.3, -0.25) is 4.31 Å². The van der Waals surface area contributed by atoms with E-state index in [4.69, 9.17) is 0 Å². The van der Waals surface area contributed by atoms with Crippen LogP contribution in [0.4, 0.5) is 5.69 Å². The lowest BCUT2D eigenvalue weighted by atomic mass is 10.0. The Balaban J connectivity index is 2.44. The van der Waals surface area contributed by atoms with Gasteiger partial charge in [0.1, 0.15) is 5.75 Å². The summed E-state index contributed by atoms with van der Waals surface area (Å²) in [7, 11) is -3.40. The third-order valence-corrected chi connectivity index (χ3v) is 5.37. The number of phenols is 1. The molecule has 106 valence electrons. The van der Waals surface area contributed by atoms with E-state index >= 15 is 0 Å². The van der Waals surface area contributed by atoms with E-state index in [0.717, 1.165) is 18.4 Å². The van der Waals surface area contributed by atoms with Gasteiger partial charge in [-0.25, -0.2) is 8.42 Å². The summed E-state index contributed by atoms with van der Waals surface area (Å²) in [5, 5.41) is 9.98. The maximum atomic E-state index is 12.5. The molecule has 0 radical (unpaired) electrons. The molecule has 0 aromatic heterocycles. The fourth-order valence-corrected chi connectivity index (χ4v) is 4.64. The summed E-state index contributed by atoms with van der Waals surface area (Å²) in [6.07, 6.45) is 1.60. The maximum absolute atomic E-state index is 12.5. The molecule has 1 N–H and O–H groups in total. The first-order valence-electron chi connectivity index (χ1n) is 6.52. The number of aromatic hydroxyl groups is 1. The highest BCUT2D eigenvalue weighted by atomic mass is 32.2. The summed E-state index contributed by atoms with van der Waals surface area (Å²) < 4.78 is 26.4. The second kappa shape index (κ2) is 4.71. The molecular weight excluding hydrogens is 262 g/mol. The monoisotopic (exact) mass is 283 g/mol. The van der Waals surface area contributed by atoms with Crippen LogP contribution in [0.2, 0.25) is 0 Å². The zero-order valence-corrected chi connectivity index (χ0v) is 12.5. The van der Waals surface area contributed by atoms with E-state index in [1.54, 1.807) is 12.1 Å². The highest BCUT2D eigenvalue weighted by Gasteiger charge is 2.32. The normalized spacial score (nSPS) is 16.3. The van der Waals surface area contributed by atoms with E-state index in [0.29, 0.717) is 12.2 Å². The fourth-order valence-electron chi connectivity index (χ4n) is 2.50. The predicted octanol–water partition coefficient (Wildman–Crippen LogP) is 2.52. The Labute approximate surface area is 115 Å². The average Bonchev–Trinajstić information content (AvgIpc) is 2.25. The first-order chi connectivity index (χ1) is 8.71. The van der Waals surface area contributed by atoms with Crippen molar-refractivity contribution in [3.05, 3.63) is 23.8 Å². The number of hydrogen-bond donors (Lipinski definition) is 1. The van der Waals surface area contributed by atoms with E-state index in [-0.39, 0.29) is 16.9 Å². The van der Waals surface area contributed by atoms with Gasteiger partial charge in [-0.1, -0.05) is 32.9 Å². The maximum Gasteiger partial charge on any atom is 0.235 e. The average molecular weight is 283 g/mol. The standard InChI is InChI=1S/C14H21NO3S/c1-14(2,3)10-19(17,18)15-9-5-7-11-6-4-8-12(16)13(11)15/h4,6,8,16H,5,7,9-10H2,1-3H3. The number of sulfonamides is 1. The van der Waals surface area contributed by atoms with Gasteiger partial charge < -0.3 is 5.11 Å². The molecule has 5 heteroatoms. The molecule has 4 nitrogen and oxygen atoms in total. The number of nitrogens with zero attached hydrogens (tertiary/aromatic N) is 1. The molecule has 1 aliphatic heterocycles. The lowest BCUT2D eigenvalue weighted by molar-refractivity contribution is 0.456. The van der Waals surface area contributed by atoms with Crippen molar-refractivity contribution in [1.29, 1.82) is 0 Å². The number of para-hydroxylation sites is 1. The van der Waals surface area contributed by atoms with E-state index in [1.165, 1.54) is 4.31 Å². The lowest BCUT2D eigenvalue weighted by Gasteiger charge is -2.33. The van der Waals surface area contributed by atoms with E-state index in [2.05, 4.69) is 0 Å². The predicted molar refractivity (Wildman–Crippen MR) is 77.0 cm³/mol. The van der Waals surface area contributed by atoms with Gasteiger partial charge in [-0.2, -0.15) is 0 Å². The number of rotatable bonds is 2. The molecule has 0 saturated heterocycles. The zero-order chi connectivity index (χ0) is 14.3. The fraction of sp³-hybridized carbons (Fsp3) is 0.571. The molecule has 0 atom stereocenters. The number of aryl methyl sites for hydroxylation is 1. The molecule has 1 aliphatic rings. The molecule has 0 bridgehead atoms. The summed E-state index contributed by atoms with van der Waals surface area (Å²) in [6.45, 7) is 6.16. The number of hydrogen-bond acceptors (Lipinski definition) is 3. The highest BCUT2D eigenvalue weighted by Crippen LogP contribution is 2.38. The summed E-state index contributed by atoms with van der Waals surface area (Å²) in [6, 6.07) is 5.19. The lowest BCUT2D eigenvalue weighted by Crippen LogP contribution is -2.40. The van der Waals surface area contributed by atoms with E-state index in [9.17, 15) is 13.5 Å². The Kier molecular flexibility index (Phi) is 3.51. The van der Waals surface area contributed by atoms with Gasteiger partial charge in [0.25, 0.3) is 0 Å². The summed E-state index contributed by atoms with van der Waals surface area (Å²) in [5.74, 6) is 0.128. The Bertz CT molecular complexity index is 573. The minimum absolute atomic E-state index is 0.0506. The van der Waals surface area contributed by atoms with Crippen molar-refractivity contribution in [2.24, 2.45) is 5.41 Å². The number of benzene rings is 1. The van der Waals surface area contributed by atoms with Gasteiger partial charge in [0, 0.05) is 6.54 Å². The number of fused-ring (bicyclic) bond motifs is 1. The molecule has 0 saturated carbocycles. The second-order valence-electron chi connectivity index (χ2n) is 6.28. The van der Waals surface area contributed by atoms with Crippen LogP contribution in [0.15, 0.2) is 18.2 Å². The molecule has 1 aromatic carbocycles. The molecule has 0 fully saturated rings. The van der Waals surface area contributed by atoms with Crippen molar-refractivity contribution in [2.45, 2.75) is 33.6 Å². The SMILES string of the molecule is CC(C)(C)CS(=O)(=O)N1CCCc2cccc(O)c21. The molecule has 0 amide bonds. The summed E-state index contributed by atoms with van der Waals surface area (Å²) >= 11 is 0. The van der Waals surface area contributed by atoms with Crippen molar-refractivity contribution in [2.75, 3.05) is 16.6 Å². The minimum Gasteiger partial charge on any atom is -0.506 e. The second-order valence-corrected chi connectivity index (χ2v) is 8.17. The highest BCUT2D eigenvalue weighted by molar-refractivity contribution is 7.92. The molecule has 2 rings (SSSR count). The van der Waals surface area contributed by atoms with Gasteiger partial charge in [-0.15, -0.1) is 0 Å². The van der Waals surface area contributed by atoms with Crippen molar-refractivity contribution < 1.29 is 13.5 Å². The van der Waals surface area contributed by atoms with Crippen molar-refractivity contribution in [3.63, 3.8) is 0 Å². The third-order valence-electron chi connectivity index (χ3n) is 3.11. The smallest absolute Gasteiger partial charge is 0.235 e. The molecule has 0 aliphatic carbocycles. The van der Waals surface area contributed by atoms with E-state index < -0.39 is 10.0 Å². The Morgan fingerprint density at radius 1 is 1.32 bits per heavy atom. The molecular formula is C14H21NO3S. The first kappa shape index (κ1) is 14.2. The molecule has 1 heterocycles. The van der Waals surface area contributed by atoms with Gasteiger partial charge in [-0.05, 0) is 29.9 Å². The van der Waals surface area contributed by atoms with Gasteiger partial charge in [0.2, 0.25) is 10.0 Å². The Hall–Kier alpha value is -1.23. The Morgan fingerprint density at radius 2 is 2.00 bits per heavy atom.